The number of fused-ring (bicyclic) bond motifs is 1. The molecule has 0 saturated heterocycles. The number of nitrogens with one attached hydrogen (secondary N) is 1. The molecule has 25 heavy (non-hydrogen) atoms. The van der Waals surface area contributed by atoms with E-state index in [1.807, 2.05) is 30.3 Å². The summed E-state index contributed by atoms with van der Waals surface area (Å²) in [4.78, 5) is 0. The smallest absolute Gasteiger partial charge is 0.163 e. The van der Waals surface area contributed by atoms with Gasteiger partial charge in [-0.05, 0) is 42.5 Å². The summed E-state index contributed by atoms with van der Waals surface area (Å²) in [5.74, 6) is 2.44. The van der Waals surface area contributed by atoms with Gasteiger partial charge in [0.2, 0.25) is 0 Å². The molecule has 0 saturated carbocycles. The van der Waals surface area contributed by atoms with E-state index in [4.69, 9.17) is 25.5 Å². The van der Waals surface area contributed by atoms with Gasteiger partial charge in [-0.15, -0.1) is 0 Å². The summed E-state index contributed by atoms with van der Waals surface area (Å²) in [6.07, 6.45) is 0. The van der Waals surface area contributed by atoms with Crippen molar-refractivity contribution in [3.05, 3.63) is 65.1 Å². The van der Waals surface area contributed by atoms with Crippen LogP contribution >= 0.6 is 11.6 Å². The van der Waals surface area contributed by atoms with Crippen LogP contribution in [0.2, 0.25) is 5.02 Å². The monoisotopic (exact) mass is 359 g/mol. The fourth-order valence-corrected chi connectivity index (χ4v) is 2.80. The lowest BCUT2D eigenvalue weighted by Gasteiger charge is -2.19. The molecule has 4 nitrogen and oxygen atoms in total. The van der Waals surface area contributed by atoms with E-state index in [1.54, 1.807) is 12.1 Å². The van der Waals surface area contributed by atoms with Crippen LogP contribution < -0.4 is 14.8 Å². The highest BCUT2D eigenvalue weighted by Gasteiger charge is 2.12. The predicted molar refractivity (Wildman–Crippen MR) is 93.9 cm³/mol. The average Bonchev–Trinajstić information content (AvgIpc) is 3.11. The van der Waals surface area contributed by atoms with Crippen molar-refractivity contribution in [3.63, 3.8) is 0 Å². The van der Waals surface area contributed by atoms with Crippen molar-refractivity contribution in [1.82, 2.24) is 0 Å². The predicted octanol–water partition coefficient (Wildman–Crippen LogP) is 5.12. The van der Waals surface area contributed by atoms with Gasteiger partial charge in [-0.1, -0.05) is 11.6 Å². The molecule has 1 N–H and O–H groups in total. The summed E-state index contributed by atoms with van der Waals surface area (Å²) in [5.41, 5.74) is 1.64. The second kappa shape index (κ2) is 6.69. The molecule has 0 radical (unpaired) electrons. The lowest BCUT2D eigenvalue weighted by atomic mass is 10.2. The quantitative estimate of drug-likeness (QED) is 0.702. The van der Waals surface area contributed by atoms with E-state index in [9.17, 15) is 4.39 Å². The largest absolute Gasteiger partial charge is 0.486 e. The Morgan fingerprint density at radius 1 is 0.960 bits per heavy atom. The van der Waals surface area contributed by atoms with Crippen LogP contribution in [0, 0.1) is 5.82 Å². The lowest BCUT2D eigenvalue weighted by Crippen LogP contribution is -2.15. The average molecular weight is 360 g/mol. The van der Waals surface area contributed by atoms with Gasteiger partial charge in [0.1, 0.15) is 30.6 Å². The van der Waals surface area contributed by atoms with Crippen LogP contribution in [-0.4, -0.2) is 13.2 Å². The van der Waals surface area contributed by atoms with Gasteiger partial charge < -0.3 is 19.2 Å². The van der Waals surface area contributed by atoms with Crippen molar-refractivity contribution in [2.75, 3.05) is 18.5 Å². The second-order valence-electron chi connectivity index (χ2n) is 5.61. The maximum absolute atomic E-state index is 13.3. The van der Waals surface area contributed by atoms with Crippen molar-refractivity contribution in [2.45, 2.75) is 6.54 Å². The topological polar surface area (TPSA) is 43.6 Å². The first-order chi connectivity index (χ1) is 12.2. The Bertz CT molecular complexity index is 909. The van der Waals surface area contributed by atoms with Crippen LogP contribution in [0.4, 0.5) is 10.1 Å². The van der Waals surface area contributed by atoms with E-state index in [0.29, 0.717) is 25.5 Å². The van der Waals surface area contributed by atoms with Crippen LogP contribution in [-0.2, 0) is 6.54 Å². The van der Waals surface area contributed by atoms with Crippen LogP contribution in [0.5, 0.6) is 11.5 Å². The zero-order valence-corrected chi connectivity index (χ0v) is 14.0. The van der Waals surface area contributed by atoms with Gasteiger partial charge in [-0.3, -0.25) is 0 Å². The van der Waals surface area contributed by atoms with Crippen molar-refractivity contribution in [3.8, 4) is 22.8 Å². The molecule has 6 heteroatoms. The Balaban J connectivity index is 1.45. The molecule has 2 aromatic carbocycles. The Morgan fingerprint density at radius 2 is 1.80 bits per heavy atom. The van der Waals surface area contributed by atoms with Crippen LogP contribution in [0.1, 0.15) is 5.76 Å². The molecule has 0 amide bonds. The van der Waals surface area contributed by atoms with Gasteiger partial charge in [-0.2, -0.15) is 0 Å². The molecule has 128 valence electrons. The number of furan rings is 1. The first kappa shape index (κ1) is 15.8. The Morgan fingerprint density at radius 3 is 2.64 bits per heavy atom. The van der Waals surface area contributed by atoms with E-state index in [2.05, 4.69) is 5.32 Å². The summed E-state index contributed by atoms with van der Waals surface area (Å²) < 4.78 is 30.1. The molecule has 0 unspecified atom stereocenters. The minimum atomic E-state index is -0.447. The Kier molecular flexibility index (Phi) is 4.24. The number of halogens is 2. The van der Waals surface area contributed by atoms with Gasteiger partial charge in [0.15, 0.2) is 11.5 Å². The van der Waals surface area contributed by atoms with E-state index >= 15 is 0 Å². The summed E-state index contributed by atoms with van der Waals surface area (Å²) in [7, 11) is 0. The fraction of sp³-hybridized carbons (Fsp3) is 0.158. The van der Waals surface area contributed by atoms with E-state index in [1.165, 1.54) is 6.07 Å². The van der Waals surface area contributed by atoms with Crippen LogP contribution in [0.25, 0.3) is 11.3 Å². The van der Waals surface area contributed by atoms with Crippen LogP contribution in [0.3, 0.4) is 0 Å². The molecule has 1 aliphatic rings. The van der Waals surface area contributed by atoms with Crippen molar-refractivity contribution in [2.24, 2.45) is 0 Å². The van der Waals surface area contributed by atoms with Gasteiger partial charge >= 0.3 is 0 Å². The molecule has 2 heterocycles. The summed E-state index contributed by atoms with van der Waals surface area (Å²) in [6, 6.07) is 13.9. The third kappa shape index (κ3) is 3.42. The van der Waals surface area contributed by atoms with Crippen molar-refractivity contribution in [1.29, 1.82) is 0 Å². The summed E-state index contributed by atoms with van der Waals surface area (Å²) >= 11 is 5.82. The van der Waals surface area contributed by atoms with E-state index in [0.717, 1.165) is 28.5 Å². The molecular formula is C19H15ClFNO3. The van der Waals surface area contributed by atoms with Gasteiger partial charge in [-0.25, -0.2) is 4.39 Å². The highest BCUT2D eigenvalue weighted by atomic mass is 35.5. The molecule has 0 fully saturated rings. The van der Waals surface area contributed by atoms with Gasteiger partial charge in [0, 0.05) is 17.3 Å². The SMILES string of the molecule is Fc1ccc(-c2ccc(CNc3ccc4c(c3)OCCO4)o2)cc1Cl. The molecule has 0 atom stereocenters. The highest BCUT2D eigenvalue weighted by Crippen LogP contribution is 2.33. The first-order valence-corrected chi connectivity index (χ1v) is 8.24. The molecule has 0 spiro atoms. The number of rotatable bonds is 4. The molecule has 3 aromatic rings. The minimum absolute atomic E-state index is 0.0739. The lowest BCUT2D eigenvalue weighted by molar-refractivity contribution is 0.171. The number of hydrogen-bond acceptors (Lipinski definition) is 4. The zero-order chi connectivity index (χ0) is 17.2. The molecule has 1 aliphatic heterocycles. The normalized spacial score (nSPS) is 12.9. The van der Waals surface area contributed by atoms with Crippen molar-refractivity contribution < 1.29 is 18.3 Å². The van der Waals surface area contributed by atoms with E-state index in [-0.39, 0.29) is 5.02 Å². The van der Waals surface area contributed by atoms with Gasteiger partial charge in [0.25, 0.3) is 0 Å². The van der Waals surface area contributed by atoms with Crippen LogP contribution in [0.15, 0.2) is 52.9 Å². The number of benzene rings is 2. The third-order valence-electron chi connectivity index (χ3n) is 3.87. The molecule has 1 aromatic heterocycles. The van der Waals surface area contributed by atoms with E-state index < -0.39 is 5.82 Å². The maximum atomic E-state index is 13.3. The number of hydrogen-bond donors (Lipinski definition) is 1. The standard InChI is InChI=1S/C19H15ClFNO3/c20-15-9-12(1-4-16(15)21)17-6-3-14(25-17)11-22-13-2-5-18-19(10-13)24-8-7-23-18/h1-6,9-10,22H,7-8,11H2. The molecule has 0 bridgehead atoms. The molecule has 0 aliphatic carbocycles. The number of ether oxygens (including phenoxy) is 2. The van der Waals surface area contributed by atoms with Crippen molar-refractivity contribution >= 4 is 17.3 Å². The third-order valence-corrected chi connectivity index (χ3v) is 4.16. The summed E-state index contributed by atoms with van der Waals surface area (Å²) in [6.45, 7) is 1.63. The second-order valence-corrected chi connectivity index (χ2v) is 6.01. The molecular weight excluding hydrogens is 345 g/mol. The van der Waals surface area contributed by atoms with Gasteiger partial charge in [0.05, 0.1) is 11.6 Å². The fourth-order valence-electron chi connectivity index (χ4n) is 2.62. The summed E-state index contributed by atoms with van der Waals surface area (Å²) in [5, 5.41) is 3.35. The number of anilines is 1. The Hall–Kier alpha value is -2.66. The first-order valence-electron chi connectivity index (χ1n) is 7.87. The zero-order valence-electron chi connectivity index (χ0n) is 13.2. The minimum Gasteiger partial charge on any atom is -0.486 e. The highest BCUT2D eigenvalue weighted by molar-refractivity contribution is 6.31. The Labute approximate surface area is 149 Å². The molecule has 4 rings (SSSR count). The maximum Gasteiger partial charge on any atom is 0.163 e.